The van der Waals surface area contributed by atoms with Gasteiger partial charge in [-0.2, -0.15) is 0 Å². The van der Waals surface area contributed by atoms with Gasteiger partial charge in [0.2, 0.25) is 5.88 Å². The van der Waals surface area contributed by atoms with Crippen molar-refractivity contribution in [3.63, 3.8) is 0 Å². The van der Waals surface area contributed by atoms with Gasteiger partial charge in [-0.1, -0.05) is 58.0 Å². The molecule has 0 aliphatic heterocycles. The molecule has 1 heterocycles. The predicted octanol–water partition coefficient (Wildman–Crippen LogP) is 5.39. The molecule has 3 rings (SSSR count). The van der Waals surface area contributed by atoms with E-state index in [1.165, 1.54) is 10.8 Å². The van der Waals surface area contributed by atoms with Crippen molar-refractivity contribution in [2.75, 3.05) is 5.32 Å². The van der Waals surface area contributed by atoms with E-state index < -0.39 is 5.91 Å². The molecule has 0 unspecified atom stereocenters. The molecular weight excluding hydrogens is 352 g/mol. The second-order valence-corrected chi connectivity index (χ2v) is 7.53. The largest absolute Gasteiger partial charge is 0.505 e. The number of benzene rings is 2. The van der Waals surface area contributed by atoms with Crippen LogP contribution in [0.2, 0.25) is 0 Å². The zero-order valence-corrected chi connectivity index (χ0v) is 16.6. The van der Waals surface area contributed by atoms with E-state index in [0.717, 1.165) is 11.1 Å². The van der Waals surface area contributed by atoms with Crippen LogP contribution in [0.4, 0.5) is 5.69 Å². The topological polar surface area (TPSA) is 74.5 Å². The van der Waals surface area contributed by atoms with Crippen molar-refractivity contribution in [3.05, 3.63) is 71.4 Å². The highest BCUT2D eigenvalue weighted by atomic mass is 16.3. The van der Waals surface area contributed by atoms with Gasteiger partial charge in [0.15, 0.2) is 0 Å². The lowest BCUT2D eigenvalue weighted by Crippen LogP contribution is -2.13. The molecule has 0 saturated carbocycles. The molecule has 1 aromatic heterocycles. The van der Waals surface area contributed by atoms with Crippen molar-refractivity contribution in [1.29, 1.82) is 0 Å². The van der Waals surface area contributed by atoms with Crippen molar-refractivity contribution in [2.24, 2.45) is 0 Å². The number of carbonyl (C=O) groups excluding carboxylic acids is 1. The van der Waals surface area contributed by atoms with Gasteiger partial charge in [0.05, 0.1) is 6.20 Å². The van der Waals surface area contributed by atoms with E-state index in [2.05, 4.69) is 19.2 Å². The second kappa shape index (κ2) is 7.80. The number of carbonyl (C=O) groups is 1. The number of amides is 1. The molecule has 28 heavy (non-hydrogen) atoms. The van der Waals surface area contributed by atoms with E-state index in [-0.39, 0.29) is 23.1 Å². The van der Waals surface area contributed by atoms with Gasteiger partial charge < -0.3 is 15.5 Å². The van der Waals surface area contributed by atoms with Crippen LogP contribution in [0.3, 0.4) is 0 Å². The van der Waals surface area contributed by atoms with E-state index >= 15 is 0 Å². The summed E-state index contributed by atoms with van der Waals surface area (Å²) < 4.78 is 1.42. The Kier molecular flexibility index (Phi) is 5.45. The Morgan fingerprint density at radius 2 is 1.68 bits per heavy atom. The Bertz CT molecular complexity index is 1000. The summed E-state index contributed by atoms with van der Waals surface area (Å²) in [6.45, 7) is 8.24. The zero-order valence-electron chi connectivity index (χ0n) is 16.6. The first-order valence-corrected chi connectivity index (χ1v) is 9.43. The summed E-state index contributed by atoms with van der Waals surface area (Å²) in [5.41, 5.74) is 3.28. The average molecular weight is 378 g/mol. The third-order valence-corrected chi connectivity index (χ3v) is 4.83. The van der Waals surface area contributed by atoms with Gasteiger partial charge >= 0.3 is 0 Å². The van der Waals surface area contributed by atoms with Gasteiger partial charge in [0, 0.05) is 11.4 Å². The summed E-state index contributed by atoms with van der Waals surface area (Å²) in [4.78, 5) is 12.8. The fourth-order valence-corrected chi connectivity index (χ4v) is 3.23. The summed E-state index contributed by atoms with van der Waals surface area (Å²) in [6.07, 6.45) is 1.36. The predicted molar refractivity (Wildman–Crippen MR) is 112 cm³/mol. The summed E-state index contributed by atoms with van der Waals surface area (Å²) >= 11 is 0. The van der Waals surface area contributed by atoms with Crippen LogP contribution in [0.15, 0.2) is 54.7 Å². The highest BCUT2D eigenvalue weighted by Gasteiger charge is 2.23. The molecule has 2 aromatic carbocycles. The molecule has 5 nitrogen and oxygen atoms in total. The molecule has 0 aliphatic carbocycles. The van der Waals surface area contributed by atoms with Crippen molar-refractivity contribution >= 4 is 11.6 Å². The molecule has 0 saturated heterocycles. The Hall–Kier alpha value is -3.21. The molecule has 5 heteroatoms. The average Bonchev–Trinajstić information content (AvgIpc) is 2.96. The third kappa shape index (κ3) is 3.74. The first-order chi connectivity index (χ1) is 13.3. The molecule has 0 bridgehead atoms. The Balaban J connectivity index is 1.96. The molecule has 146 valence electrons. The summed E-state index contributed by atoms with van der Waals surface area (Å²) in [6, 6.07) is 15.2. The minimum Gasteiger partial charge on any atom is -0.505 e. The van der Waals surface area contributed by atoms with Crippen LogP contribution in [-0.4, -0.2) is 20.7 Å². The molecule has 0 aliphatic rings. The van der Waals surface area contributed by atoms with Crippen molar-refractivity contribution in [1.82, 2.24) is 4.57 Å². The van der Waals surface area contributed by atoms with E-state index in [1.54, 1.807) is 0 Å². The maximum absolute atomic E-state index is 12.8. The number of rotatable bonds is 5. The quantitative estimate of drug-likeness (QED) is 0.557. The van der Waals surface area contributed by atoms with E-state index in [4.69, 9.17) is 0 Å². The molecule has 0 atom stereocenters. The smallest absolute Gasteiger partial charge is 0.264 e. The molecule has 3 N–H and O–H groups in total. The highest BCUT2D eigenvalue weighted by Crippen LogP contribution is 2.34. The van der Waals surface area contributed by atoms with Crippen LogP contribution >= 0.6 is 0 Å². The fraction of sp³-hybridized carbons (Fsp3) is 0.261. The normalized spacial score (nSPS) is 11.2. The number of hydrogen-bond donors (Lipinski definition) is 3. The molecule has 0 fully saturated rings. The lowest BCUT2D eigenvalue weighted by molar-refractivity contribution is 0.102. The van der Waals surface area contributed by atoms with E-state index in [9.17, 15) is 15.0 Å². The Morgan fingerprint density at radius 3 is 2.36 bits per heavy atom. The minimum atomic E-state index is -0.554. The van der Waals surface area contributed by atoms with Gasteiger partial charge in [-0.3, -0.25) is 9.36 Å². The van der Waals surface area contributed by atoms with Gasteiger partial charge in [-0.05, 0) is 41.2 Å². The first-order valence-electron chi connectivity index (χ1n) is 9.43. The standard InChI is InChI=1S/C23H26N2O3/c1-14(2)16-8-7-9-17(12-16)25-13-20(26)21(23(25)28)22(27)24-19-11-6-5-10-18(19)15(3)4/h5-15,26,28H,1-4H3,(H,24,27). The zero-order chi connectivity index (χ0) is 20.4. The van der Waals surface area contributed by atoms with Gasteiger partial charge in [-0.15, -0.1) is 0 Å². The van der Waals surface area contributed by atoms with E-state index in [1.807, 2.05) is 62.4 Å². The van der Waals surface area contributed by atoms with Gasteiger partial charge in [0.1, 0.15) is 11.3 Å². The Morgan fingerprint density at radius 1 is 0.964 bits per heavy atom. The van der Waals surface area contributed by atoms with Crippen LogP contribution in [0.25, 0.3) is 5.69 Å². The van der Waals surface area contributed by atoms with Gasteiger partial charge in [0.25, 0.3) is 5.91 Å². The SMILES string of the molecule is CC(C)c1cccc(-n2cc(O)c(C(=O)Nc3ccccc3C(C)C)c2O)c1. The maximum Gasteiger partial charge on any atom is 0.264 e. The monoisotopic (exact) mass is 378 g/mol. The fourth-order valence-electron chi connectivity index (χ4n) is 3.23. The van der Waals surface area contributed by atoms with Crippen LogP contribution in [0.5, 0.6) is 11.6 Å². The van der Waals surface area contributed by atoms with Crippen molar-refractivity contribution in [2.45, 2.75) is 39.5 Å². The molecule has 1 amide bonds. The van der Waals surface area contributed by atoms with Crippen molar-refractivity contribution in [3.8, 4) is 17.3 Å². The van der Waals surface area contributed by atoms with E-state index in [0.29, 0.717) is 17.3 Å². The molecule has 3 aromatic rings. The van der Waals surface area contributed by atoms with Crippen LogP contribution in [0, 0.1) is 0 Å². The van der Waals surface area contributed by atoms with Crippen molar-refractivity contribution < 1.29 is 15.0 Å². The summed E-state index contributed by atoms with van der Waals surface area (Å²) in [7, 11) is 0. The highest BCUT2D eigenvalue weighted by molar-refractivity contribution is 6.08. The molecule has 0 radical (unpaired) electrons. The number of para-hydroxylation sites is 1. The second-order valence-electron chi connectivity index (χ2n) is 7.53. The summed E-state index contributed by atoms with van der Waals surface area (Å²) in [5.74, 6) is -0.574. The maximum atomic E-state index is 12.8. The number of nitrogens with one attached hydrogen (secondary N) is 1. The Labute approximate surface area is 165 Å². The minimum absolute atomic E-state index is 0.145. The number of aromatic nitrogens is 1. The first kappa shape index (κ1) is 19.5. The number of nitrogens with zero attached hydrogens (tertiary/aromatic N) is 1. The molecular formula is C23H26N2O3. The van der Waals surface area contributed by atoms with Crippen LogP contribution < -0.4 is 5.32 Å². The molecule has 0 spiro atoms. The lowest BCUT2D eigenvalue weighted by atomic mass is 10.0. The number of hydrogen-bond acceptors (Lipinski definition) is 3. The van der Waals surface area contributed by atoms with Crippen LogP contribution in [-0.2, 0) is 0 Å². The summed E-state index contributed by atoms with van der Waals surface area (Å²) in [5, 5.41) is 23.8. The lowest BCUT2D eigenvalue weighted by Gasteiger charge is -2.13. The number of aromatic hydroxyl groups is 2. The van der Waals surface area contributed by atoms with Crippen LogP contribution in [0.1, 0.15) is 61.0 Å². The third-order valence-electron chi connectivity index (χ3n) is 4.83. The van der Waals surface area contributed by atoms with Gasteiger partial charge in [-0.25, -0.2) is 0 Å². The number of anilines is 1.